The normalized spacial score (nSPS) is 47.7. The number of aliphatic hydroxyl groups excluding tert-OH is 3. The second-order valence-electron chi connectivity index (χ2n) is 12.2. The standard InChI is InChI=1S/C26H43NO6/c1-14(5-4-10-27-23(31)24(32)33)17-6-7-18-22-19(13-21(30)26(17,18)3)25(2)9-8-16(28)11-15(25)12-20(22)29/h14-22,28-30H,4-13H2,1-3H3,(H,27,31)(H,32,33)/t14-,15?,16-,17-,18+,19+,20+,21+,22+,25+,26-/m1/s1. The molecule has 0 aromatic rings. The zero-order chi connectivity index (χ0) is 24.1. The summed E-state index contributed by atoms with van der Waals surface area (Å²) in [6, 6.07) is 0. The van der Waals surface area contributed by atoms with E-state index in [1.807, 2.05) is 0 Å². The largest absolute Gasteiger partial charge is 0.474 e. The quantitative estimate of drug-likeness (QED) is 0.314. The van der Waals surface area contributed by atoms with Crippen LogP contribution in [0.3, 0.4) is 0 Å². The van der Waals surface area contributed by atoms with Crippen LogP contribution < -0.4 is 5.32 Å². The lowest BCUT2D eigenvalue weighted by molar-refractivity contribution is -0.207. The molecule has 0 heterocycles. The summed E-state index contributed by atoms with van der Waals surface area (Å²) in [6.45, 7) is 7.15. The van der Waals surface area contributed by atoms with Crippen LogP contribution in [0.4, 0.5) is 0 Å². The first-order valence-electron chi connectivity index (χ1n) is 13.1. The fourth-order valence-corrected chi connectivity index (χ4v) is 9.03. The van der Waals surface area contributed by atoms with Crippen LogP contribution in [0.25, 0.3) is 0 Å². The molecule has 33 heavy (non-hydrogen) atoms. The Kier molecular flexibility index (Phi) is 6.89. The molecule has 5 N–H and O–H groups in total. The maximum Gasteiger partial charge on any atom is 0.394 e. The van der Waals surface area contributed by atoms with Crippen molar-refractivity contribution in [1.29, 1.82) is 0 Å². The Labute approximate surface area is 197 Å². The summed E-state index contributed by atoms with van der Waals surface area (Å²) < 4.78 is 0. The summed E-state index contributed by atoms with van der Waals surface area (Å²) in [5, 5.41) is 44.3. The number of carbonyl (C=O) groups excluding carboxylic acids is 1. The highest BCUT2D eigenvalue weighted by Gasteiger charge is 2.65. The molecule has 0 saturated heterocycles. The molecule has 7 heteroatoms. The van der Waals surface area contributed by atoms with Gasteiger partial charge < -0.3 is 25.7 Å². The number of carbonyl (C=O) groups is 2. The van der Waals surface area contributed by atoms with Gasteiger partial charge in [0.15, 0.2) is 0 Å². The highest BCUT2D eigenvalue weighted by atomic mass is 16.4. The van der Waals surface area contributed by atoms with Gasteiger partial charge in [0.1, 0.15) is 0 Å². The van der Waals surface area contributed by atoms with Crippen LogP contribution in [-0.4, -0.2) is 57.2 Å². The predicted molar refractivity (Wildman–Crippen MR) is 123 cm³/mol. The van der Waals surface area contributed by atoms with Crippen LogP contribution in [0.2, 0.25) is 0 Å². The first-order valence-corrected chi connectivity index (χ1v) is 13.1. The smallest absolute Gasteiger partial charge is 0.394 e. The third-order valence-electron chi connectivity index (χ3n) is 10.8. The Balaban J connectivity index is 1.47. The van der Waals surface area contributed by atoms with Gasteiger partial charge in [0.25, 0.3) is 0 Å². The minimum atomic E-state index is -1.46. The monoisotopic (exact) mass is 465 g/mol. The lowest BCUT2D eigenvalue weighted by Crippen LogP contribution is -2.62. The summed E-state index contributed by atoms with van der Waals surface area (Å²) >= 11 is 0. The molecule has 4 aliphatic rings. The van der Waals surface area contributed by atoms with Crippen LogP contribution in [0.5, 0.6) is 0 Å². The van der Waals surface area contributed by atoms with E-state index >= 15 is 0 Å². The first-order chi connectivity index (χ1) is 15.5. The van der Waals surface area contributed by atoms with E-state index < -0.39 is 18.0 Å². The first kappa shape index (κ1) is 24.9. The van der Waals surface area contributed by atoms with Gasteiger partial charge >= 0.3 is 11.9 Å². The van der Waals surface area contributed by atoms with Gasteiger partial charge in [-0.15, -0.1) is 0 Å². The van der Waals surface area contributed by atoms with Gasteiger partial charge in [-0.2, -0.15) is 0 Å². The molecule has 11 atom stereocenters. The number of hydrogen-bond donors (Lipinski definition) is 5. The molecule has 0 aromatic carbocycles. The molecule has 0 radical (unpaired) electrons. The molecular formula is C26H43NO6. The van der Waals surface area contributed by atoms with Crippen LogP contribution in [-0.2, 0) is 9.59 Å². The zero-order valence-corrected chi connectivity index (χ0v) is 20.4. The second-order valence-corrected chi connectivity index (χ2v) is 12.2. The van der Waals surface area contributed by atoms with E-state index in [9.17, 15) is 24.9 Å². The number of amides is 1. The summed E-state index contributed by atoms with van der Waals surface area (Å²) in [4.78, 5) is 21.9. The summed E-state index contributed by atoms with van der Waals surface area (Å²) in [5.41, 5.74) is -0.152. The molecule has 7 nitrogen and oxygen atoms in total. The SMILES string of the molecule is C[C@H](CCCNC(=O)C(=O)O)[C@H]1CC[C@H]2[C@@H]3[C@@H](O)CC4C[C@H](O)CC[C@]4(C)[C@H]3C[C@H](O)[C@]12C. The molecule has 4 aliphatic carbocycles. The number of rotatable bonds is 5. The highest BCUT2D eigenvalue weighted by molar-refractivity contribution is 6.31. The minimum absolute atomic E-state index is 0.0808. The van der Waals surface area contributed by atoms with Crippen LogP contribution in [0.15, 0.2) is 0 Å². The molecule has 4 fully saturated rings. The highest BCUT2D eigenvalue weighted by Crippen LogP contribution is 2.68. The van der Waals surface area contributed by atoms with E-state index in [2.05, 4.69) is 26.1 Å². The lowest BCUT2D eigenvalue weighted by atomic mass is 9.43. The molecule has 1 unspecified atom stereocenters. The van der Waals surface area contributed by atoms with Gasteiger partial charge in [-0.05, 0) is 104 Å². The van der Waals surface area contributed by atoms with Crippen molar-refractivity contribution < 1.29 is 30.0 Å². The fraction of sp³-hybridized carbons (Fsp3) is 0.923. The van der Waals surface area contributed by atoms with Crippen LogP contribution in [0.1, 0.15) is 78.6 Å². The van der Waals surface area contributed by atoms with Crippen molar-refractivity contribution in [2.45, 2.75) is 96.9 Å². The van der Waals surface area contributed by atoms with Crippen molar-refractivity contribution in [1.82, 2.24) is 5.32 Å². The van der Waals surface area contributed by atoms with Crippen molar-refractivity contribution in [3.63, 3.8) is 0 Å². The molecule has 0 aromatic heterocycles. The Hall–Kier alpha value is -1.18. The second kappa shape index (κ2) is 9.12. The number of hydrogen-bond acceptors (Lipinski definition) is 5. The van der Waals surface area contributed by atoms with Crippen LogP contribution in [0, 0.1) is 46.3 Å². The van der Waals surface area contributed by atoms with Gasteiger partial charge in [0, 0.05) is 6.54 Å². The number of nitrogens with one attached hydrogen (secondary N) is 1. The molecule has 4 saturated carbocycles. The summed E-state index contributed by atoms with van der Waals surface area (Å²) in [6.07, 6.45) is 6.68. The minimum Gasteiger partial charge on any atom is -0.474 e. The number of carboxylic acid groups (broad SMARTS) is 1. The van der Waals surface area contributed by atoms with E-state index in [0.717, 1.165) is 51.4 Å². The van der Waals surface area contributed by atoms with Crippen molar-refractivity contribution in [2.24, 2.45) is 46.3 Å². The van der Waals surface area contributed by atoms with Gasteiger partial charge in [0.05, 0.1) is 18.3 Å². The number of carboxylic acids is 1. The van der Waals surface area contributed by atoms with Gasteiger partial charge in [0.2, 0.25) is 0 Å². The Morgan fingerprint density at radius 2 is 1.76 bits per heavy atom. The van der Waals surface area contributed by atoms with E-state index in [1.165, 1.54) is 0 Å². The van der Waals surface area contributed by atoms with E-state index in [-0.39, 0.29) is 29.0 Å². The predicted octanol–water partition coefficient (Wildman–Crippen LogP) is 2.56. The third-order valence-corrected chi connectivity index (χ3v) is 10.8. The molecule has 0 spiro atoms. The van der Waals surface area contributed by atoms with Gasteiger partial charge in [-0.1, -0.05) is 20.8 Å². The third kappa shape index (κ3) is 4.12. The number of aliphatic carboxylic acids is 1. The molecule has 0 bridgehead atoms. The Morgan fingerprint density at radius 3 is 2.45 bits per heavy atom. The van der Waals surface area contributed by atoms with Gasteiger partial charge in [-0.3, -0.25) is 4.79 Å². The topological polar surface area (TPSA) is 127 Å². The number of fused-ring (bicyclic) bond motifs is 5. The average molecular weight is 466 g/mol. The van der Waals surface area contributed by atoms with Crippen LogP contribution >= 0.6 is 0 Å². The number of aliphatic hydroxyl groups is 3. The van der Waals surface area contributed by atoms with E-state index in [4.69, 9.17) is 5.11 Å². The van der Waals surface area contributed by atoms with E-state index in [1.54, 1.807) is 0 Å². The Morgan fingerprint density at radius 1 is 1.03 bits per heavy atom. The Bertz CT molecular complexity index is 759. The summed E-state index contributed by atoms with van der Waals surface area (Å²) in [7, 11) is 0. The molecule has 188 valence electrons. The van der Waals surface area contributed by atoms with Crippen molar-refractivity contribution in [3.8, 4) is 0 Å². The zero-order valence-electron chi connectivity index (χ0n) is 20.4. The maximum absolute atomic E-state index is 11.6. The van der Waals surface area contributed by atoms with Crippen molar-refractivity contribution >= 4 is 11.9 Å². The molecule has 4 rings (SSSR count). The van der Waals surface area contributed by atoms with Crippen molar-refractivity contribution in [3.05, 3.63) is 0 Å². The fourth-order valence-electron chi connectivity index (χ4n) is 9.03. The van der Waals surface area contributed by atoms with Crippen molar-refractivity contribution in [2.75, 3.05) is 6.54 Å². The molecule has 1 amide bonds. The molecule has 0 aliphatic heterocycles. The molecular weight excluding hydrogens is 422 g/mol. The maximum atomic E-state index is 11.6. The van der Waals surface area contributed by atoms with E-state index in [0.29, 0.717) is 42.6 Å². The summed E-state index contributed by atoms with van der Waals surface area (Å²) in [5.74, 6) is -0.590. The van der Waals surface area contributed by atoms with Gasteiger partial charge in [-0.25, -0.2) is 4.79 Å². The lowest BCUT2D eigenvalue weighted by Gasteiger charge is -2.63. The average Bonchev–Trinajstić information content (AvgIpc) is 3.11.